The Labute approximate surface area is 106 Å². The molecule has 17 heavy (non-hydrogen) atoms. The van der Waals surface area contributed by atoms with Crippen molar-refractivity contribution >= 4 is 6.08 Å². The Bertz CT molecular complexity index is 336. The van der Waals surface area contributed by atoms with Crippen molar-refractivity contribution in [1.29, 1.82) is 0 Å². The van der Waals surface area contributed by atoms with Crippen LogP contribution in [0.4, 0.5) is 0 Å². The van der Waals surface area contributed by atoms with E-state index in [2.05, 4.69) is 49.4 Å². The highest BCUT2D eigenvalue weighted by atomic mass is 14.4. The van der Waals surface area contributed by atoms with Crippen LogP contribution in [0.15, 0.2) is 36.4 Å². The predicted octanol–water partition coefficient (Wildman–Crippen LogP) is 5.31. The fourth-order valence-corrected chi connectivity index (χ4v) is 2.55. The summed E-state index contributed by atoms with van der Waals surface area (Å²) in [6.07, 6.45) is 13.1. The van der Waals surface area contributed by atoms with Gasteiger partial charge in [-0.3, -0.25) is 0 Å². The molecule has 1 aliphatic carbocycles. The summed E-state index contributed by atoms with van der Waals surface area (Å²) in [6.45, 7) is 2.28. The molecule has 0 radical (unpaired) electrons. The topological polar surface area (TPSA) is 0 Å². The first-order valence-electron chi connectivity index (χ1n) is 7.11. The van der Waals surface area contributed by atoms with Gasteiger partial charge in [-0.2, -0.15) is 0 Å². The molecular formula is C17H24. The minimum Gasteiger partial charge on any atom is -0.0837 e. The standard InChI is InChI=1S/C17H24/c1-2-3-5-12-16-14-17(16)13-8-11-15-9-6-4-7-10-15/h4,6-11,16-17H,2-3,5,12-14H2,1H3/b11-8+/t16-,17+/m0/s1. The maximum Gasteiger partial charge on any atom is -0.0260 e. The maximum absolute atomic E-state index is 2.36. The second kappa shape index (κ2) is 6.64. The van der Waals surface area contributed by atoms with E-state index in [0.717, 1.165) is 11.8 Å². The van der Waals surface area contributed by atoms with Crippen molar-refractivity contribution in [3.8, 4) is 0 Å². The average molecular weight is 228 g/mol. The number of unbranched alkanes of at least 4 members (excludes halogenated alkanes) is 2. The van der Waals surface area contributed by atoms with E-state index in [9.17, 15) is 0 Å². The number of hydrogen-bond donors (Lipinski definition) is 0. The van der Waals surface area contributed by atoms with Crippen LogP contribution in [0.2, 0.25) is 0 Å². The molecule has 1 aromatic rings. The van der Waals surface area contributed by atoms with E-state index in [1.165, 1.54) is 44.1 Å². The molecule has 2 atom stereocenters. The first-order chi connectivity index (χ1) is 8.40. The van der Waals surface area contributed by atoms with Crippen molar-refractivity contribution in [1.82, 2.24) is 0 Å². The molecule has 2 rings (SSSR count). The quantitative estimate of drug-likeness (QED) is 0.555. The van der Waals surface area contributed by atoms with Crippen molar-refractivity contribution in [2.75, 3.05) is 0 Å². The second-order valence-electron chi connectivity index (χ2n) is 5.30. The van der Waals surface area contributed by atoms with Crippen LogP contribution in [0.1, 0.15) is 51.0 Å². The molecule has 1 saturated carbocycles. The monoisotopic (exact) mass is 228 g/mol. The highest BCUT2D eigenvalue weighted by molar-refractivity contribution is 5.48. The lowest BCUT2D eigenvalue weighted by Crippen LogP contribution is -1.82. The summed E-state index contributed by atoms with van der Waals surface area (Å²) in [5.41, 5.74) is 1.33. The van der Waals surface area contributed by atoms with E-state index in [4.69, 9.17) is 0 Å². The van der Waals surface area contributed by atoms with E-state index in [-0.39, 0.29) is 0 Å². The van der Waals surface area contributed by atoms with E-state index < -0.39 is 0 Å². The molecule has 0 heterocycles. The number of hydrogen-bond acceptors (Lipinski definition) is 0. The lowest BCUT2D eigenvalue weighted by atomic mass is 10.1. The third-order valence-electron chi connectivity index (χ3n) is 3.80. The normalized spacial score (nSPS) is 23.1. The van der Waals surface area contributed by atoms with E-state index in [1.807, 2.05) is 0 Å². The molecule has 1 aromatic carbocycles. The third kappa shape index (κ3) is 4.38. The zero-order valence-corrected chi connectivity index (χ0v) is 10.9. The van der Waals surface area contributed by atoms with Crippen molar-refractivity contribution in [2.45, 2.75) is 45.4 Å². The Morgan fingerprint density at radius 2 is 1.94 bits per heavy atom. The van der Waals surface area contributed by atoms with Crippen LogP contribution in [0.3, 0.4) is 0 Å². The largest absolute Gasteiger partial charge is 0.0837 e. The van der Waals surface area contributed by atoms with Gasteiger partial charge in [-0.25, -0.2) is 0 Å². The van der Waals surface area contributed by atoms with Crippen molar-refractivity contribution < 1.29 is 0 Å². The van der Waals surface area contributed by atoms with Gasteiger partial charge in [-0.1, -0.05) is 75.1 Å². The average Bonchev–Trinajstić information content (AvgIpc) is 3.10. The molecule has 0 heteroatoms. The predicted molar refractivity (Wildman–Crippen MR) is 75.8 cm³/mol. The van der Waals surface area contributed by atoms with Crippen LogP contribution >= 0.6 is 0 Å². The summed E-state index contributed by atoms with van der Waals surface area (Å²) >= 11 is 0. The van der Waals surface area contributed by atoms with Gasteiger partial charge in [0.15, 0.2) is 0 Å². The summed E-state index contributed by atoms with van der Waals surface area (Å²) in [5.74, 6) is 2.04. The molecule has 92 valence electrons. The second-order valence-corrected chi connectivity index (χ2v) is 5.30. The SMILES string of the molecule is CCCCC[C@H]1C[C@H]1C/C=C/c1ccccc1. The Kier molecular flexibility index (Phi) is 4.85. The highest BCUT2D eigenvalue weighted by Gasteiger charge is 2.34. The zero-order chi connectivity index (χ0) is 11.9. The summed E-state index contributed by atoms with van der Waals surface area (Å²) in [7, 11) is 0. The van der Waals surface area contributed by atoms with Gasteiger partial charge < -0.3 is 0 Å². The van der Waals surface area contributed by atoms with Gasteiger partial charge >= 0.3 is 0 Å². The number of allylic oxidation sites excluding steroid dienone is 1. The molecule has 0 amide bonds. The van der Waals surface area contributed by atoms with Crippen LogP contribution < -0.4 is 0 Å². The Morgan fingerprint density at radius 1 is 1.12 bits per heavy atom. The van der Waals surface area contributed by atoms with Crippen LogP contribution in [0.5, 0.6) is 0 Å². The van der Waals surface area contributed by atoms with E-state index >= 15 is 0 Å². The molecule has 1 aliphatic rings. The fourth-order valence-electron chi connectivity index (χ4n) is 2.55. The van der Waals surface area contributed by atoms with Crippen LogP contribution in [-0.4, -0.2) is 0 Å². The molecule has 0 saturated heterocycles. The Balaban J connectivity index is 1.62. The van der Waals surface area contributed by atoms with Crippen LogP contribution in [-0.2, 0) is 0 Å². The van der Waals surface area contributed by atoms with E-state index in [1.54, 1.807) is 0 Å². The first-order valence-corrected chi connectivity index (χ1v) is 7.11. The van der Waals surface area contributed by atoms with Crippen LogP contribution in [0.25, 0.3) is 6.08 Å². The lowest BCUT2D eigenvalue weighted by Gasteiger charge is -1.97. The number of benzene rings is 1. The summed E-state index contributed by atoms with van der Waals surface area (Å²) < 4.78 is 0. The fraction of sp³-hybridized carbons (Fsp3) is 0.529. The van der Waals surface area contributed by atoms with Crippen molar-refractivity contribution in [3.05, 3.63) is 42.0 Å². The van der Waals surface area contributed by atoms with Gasteiger partial charge in [0.25, 0.3) is 0 Å². The van der Waals surface area contributed by atoms with Gasteiger partial charge in [0, 0.05) is 0 Å². The molecule has 0 N–H and O–H groups in total. The number of rotatable bonds is 7. The van der Waals surface area contributed by atoms with Crippen molar-refractivity contribution in [3.63, 3.8) is 0 Å². The summed E-state index contributed by atoms with van der Waals surface area (Å²) in [5, 5.41) is 0. The Hall–Kier alpha value is -1.04. The molecule has 0 nitrogen and oxygen atoms in total. The molecule has 1 fully saturated rings. The first kappa shape index (κ1) is 12.4. The van der Waals surface area contributed by atoms with Gasteiger partial charge in [0.1, 0.15) is 0 Å². The van der Waals surface area contributed by atoms with Gasteiger partial charge in [-0.05, 0) is 30.2 Å². The Morgan fingerprint density at radius 3 is 2.71 bits per heavy atom. The van der Waals surface area contributed by atoms with Gasteiger partial charge in [0.05, 0.1) is 0 Å². The summed E-state index contributed by atoms with van der Waals surface area (Å²) in [4.78, 5) is 0. The molecule has 0 aromatic heterocycles. The minimum atomic E-state index is 0.992. The minimum absolute atomic E-state index is 0.992. The van der Waals surface area contributed by atoms with Gasteiger partial charge in [0.2, 0.25) is 0 Å². The molecular weight excluding hydrogens is 204 g/mol. The molecule has 0 spiro atoms. The van der Waals surface area contributed by atoms with Crippen LogP contribution in [0, 0.1) is 11.8 Å². The van der Waals surface area contributed by atoms with Crippen molar-refractivity contribution in [2.24, 2.45) is 11.8 Å². The molecule has 0 unspecified atom stereocenters. The van der Waals surface area contributed by atoms with Gasteiger partial charge in [-0.15, -0.1) is 0 Å². The molecule has 0 bridgehead atoms. The smallest absolute Gasteiger partial charge is 0.0260 e. The lowest BCUT2D eigenvalue weighted by molar-refractivity contribution is 0.584. The third-order valence-corrected chi connectivity index (χ3v) is 3.80. The maximum atomic E-state index is 2.36. The van der Waals surface area contributed by atoms with E-state index in [0.29, 0.717) is 0 Å². The summed E-state index contributed by atoms with van der Waals surface area (Å²) in [6, 6.07) is 10.6. The zero-order valence-electron chi connectivity index (χ0n) is 10.9. The highest BCUT2D eigenvalue weighted by Crippen LogP contribution is 2.45. The molecule has 0 aliphatic heterocycles.